The molecule has 0 bridgehead atoms. The number of aromatic nitrogens is 3. The van der Waals surface area contributed by atoms with Gasteiger partial charge in [-0.2, -0.15) is 0 Å². The van der Waals surface area contributed by atoms with E-state index in [0.717, 1.165) is 32.9 Å². The highest BCUT2D eigenvalue weighted by Gasteiger charge is 2.14. The molecule has 0 atom stereocenters. The fourth-order valence-corrected chi connectivity index (χ4v) is 3.54. The molecule has 7 nitrogen and oxygen atoms in total. The van der Waals surface area contributed by atoms with Crippen molar-refractivity contribution in [3.63, 3.8) is 0 Å². The molecule has 7 heteroatoms. The van der Waals surface area contributed by atoms with Gasteiger partial charge in [0.15, 0.2) is 0 Å². The Morgan fingerprint density at radius 3 is 2.35 bits per heavy atom. The minimum absolute atomic E-state index is 0.0393. The Balaban J connectivity index is 1.61. The van der Waals surface area contributed by atoms with Crippen molar-refractivity contribution in [2.75, 3.05) is 5.32 Å². The van der Waals surface area contributed by atoms with Crippen molar-refractivity contribution < 1.29 is 4.92 Å². The molecule has 0 spiro atoms. The standard InChI is InChI=1S/C24H17N5O2/c30-29(31)18-12-10-17(11-13-18)22-20-15-26-24(25-14-16-6-2-1-3-7-16)28-23(20)19-8-4-5-9-21(19)27-22/h1-13,15H,14H2,(H,25,26,28). The number of nitro groups is 1. The lowest BCUT2D eigenvalue weighted by molar-refractivity contribution is -0.384. The van der Waals surface area contributed by atoms with Crippen LogP contribution in [-0.2, 0) is 6.54 Å². The summed E-state index contributed by atoms with van der Waals surface area (Å²) in [6, 6.07) is 24.2. The molecule has 0 aliphatic carbocycles. The lowest BCUT2D eigenvalue weighted by Crippen LogP contribution is -2.04. The van der Waals surface area contributed by atoms with Gasteiger partial charge in [0.1, 0.15) is 0 Å². The van der Waals surface area contributed by atoms with Crippen molar-refractivity contribution in [1.29, 1.82) is 0 Å². The quantitative estimate of drug-likeness (QED) is 0.239. The molecule has 0 aliphatic rings. The van der Waals surface area contributed by atoms with E-state index >= 15 is 0 Å². The van der Waals surface area contributed by atoms with Crippen molar-refractivity contribution in [3.8, 4) is 11.3 Å². The molecule has 0 saturated heterocycles. The Hall–Kier alpha value is -4.39. The zero-order valence-corrected chi connectivity index (χ0v) is 16.4. The first-order valence-corrected chi connectivity index (χ1v) is 9.77. The number of para-hydroxylation sites is 1. The summed E-state index contributed by atoms with van der Waals surface area (Å²) in [5, 5.41) is 16.0. The third kappa shape index (κ3) is 3.64. The van der Waals surface area contributed by atoms with Gasteiger partial charge in [-0.15, -0.1) is 0 Å². The Labute approximate surface area is 177 Å². The summed E-state index contributed by atoms with van der Waals surface area (Å²) in [6.07, 6.45) is 1.76. The summed E-state index contributed by atoms with van der Waals surface area (Å²) in [6.45, 7) is 0.616. The number of pyridine rings is 1. The van der Waals surface area contributed by atoms with Crippen LogP contribution in [0, 0.1) is 10.1 Å². The van der Waals surface area contributed by atoms with E-state index in [4.69, 9.17) is 9.97 Å². The van der Waals surface area contributed by atoms with Crippen LogP contribution < -0.4 is 5.32 Å². The minimum Gasteiger partial charge on any atom is -0.350 e. The molecule has 0 aliphatic heterocycles. The molecule has 31 heavy (non-hydrogen) atoms. The number of anilines is 1. The Kier molecular flexibility index (Phi) is 4.68. The van der Waals surface area contributed by atoms with Crippen molar-refractivity contribution in [2.45, 2.75) is 6.54 Å². The summed E-state index contributed by atoms with van der Waals surface area (Å²) < 4.78 is 0. The van der Waals surface area contributed by atoms with Gasteiger partial charge in [0.05, 0.1) is 21.7 Å². The summed E-state index contributed by atoms with van der Waals surface area (Å²) in [5.41, 5.74) is 4.23. The third-order valence-electron chi connectivity index (χ3n) is 5.08. The highest BCUT2D eigenvalue weighted by atomic mass is 16.6. The van der Waals surface area contributed by atoms with E-state index in [9.17, 15) is 10.1 Å². The van der Waals surface area contributed by atoms with Crippen LogP contribution >= 0.6 is 0 Å². The molecule has 0 fully saturated rings. The maximum atomic E-state index is 11.0. The van der Waals surface area contributed by atoms with Gasteiger partial charge in [-0.25, -0.2) is 15.0 Å². The predicted molar refractivity (Wildman–Crippen MR) is 121 cm³/mol. The molecule has 0 amide bonds. The van der Waals surface area contributed by atoms with Gasteiger partial charge in [-0.1, -0.05) is 48.5 Å². The lowest BCUT2D eigenvalue weighted by atomic mass is 10.0. The van der Waals surface area contributed by atoms with Crippen LogP contribution in [0.25, 0.3) is 33.1 Å². The summed E-state index contributed by atoms with van der Waals surface area (Å²) in [7, 11) is 0. The van der Waals surface area contributed by atoms with Crippen LogP contribution in [0.15, 0.2) is 85.1 Å². The van der Waals surface area contributed by atoms with E-state index in [2.05, 4.69) is 10.3 Å². The SMILES string of the molecule is O=[N+]([O-])c1ccc(-c2nc3ccccc3c3nc(NCc4ccccc4)ncc23)cc1. The van der Waals surface area contributed by atoms with Crippen molar-refractivity contribution in [3.05, 3.63) is 101 Å². The van der Waals surface area contributed by atoms with Gasteiger partial charge < -0.3 is 5.32 Å². The smallest absolute Gasteiger partial charge is 0.269 e. The molecule has 0 radical (unpaired) electrons. The monoisotopic (exact) mass is 407 g/mol. The molecular weight excluding hydrogens is 390 g/mol. The van der Waals surface area contributed by atoms with Crippen molar-refractivity contribution in [1.82, 2.24) is 15.0 Å². The molecule has 5 rings (SSSR count). The number of fused-ring (bicyclic) bond motifs is 3. The zero-order chi connectivity index (χ0) is 21.2. The largest absolute Gasteiger partial charge is 0.350 e. The Morgan fingerprint density at radius 1 is 0.839 bits per heavy atom. The molecule has 3 aromatic carbocycles. The van der Waals surface area contributed by atoms with Gasteiger partial charge in [-0.3, -0.25) is 10.1 Å². The third-order valence-corrected chi connectivity index (χ3v) is 5.08. The fraction of sp³-hybridized carbons (Fsp3) is 0.0417. The second kappa shape index (κ2) is 7.79. The van der Waals surface area contributed by atoms with Crippen molar-refractivity contribution in [2.24, 2.45) is 0 Å². The van der Waals surface area contributed by atoms with Gasteiger partial charge >= 0.3 is 0 Å². The maximum Gasteiger partial charge on any atom is 0.269 e. The highest BCUT2D eigenvalue weighted by molar-refractivity contribution is 6.08. The van der Waals surface area contributed by atoms with E-state index < -0.39 is 4.92 Å². The zero-order valence-electron chi connectivity index (χ0n) is 16.4. The molecule has 2 heterocycles. The fourth-order valence-electron chi connectivity index (χ4n) is 3.54. The molecule has 0 unspecified atom stereocenters. The first kappa shape index (κ1) is 18.6. The highest BCUT2D eigenvalue weighted by Crippen LogP contribution is 2.32. The van der Waals surface area contributed by atoms with Crippen LogP contribution in [0.1, 0.15) is 5.56 Å². The number of nitrogens with zero attached hydrogens (tertiary/aromatic N) is 4. The first-order valence-electron chi connectivity index (χ1n) is 9.77. The molecule has 1 N–H and O–H groups in total. The number of non-ortho nitro benzene ring substituents is 1. The number of benzene rings is 3. The number of rotatable bonds is 5. The average Bonchev–Trinajstić information content (AvgIpc) is 2.83. The van der Waals surface area contributed by atoms with Crippen LogP contribution in [0.5, 0.6) is 0 Å². The van der Waals surface area contributed by atoms with Crippen LogP contribution in [0.4, 0.5) is 11.6 Å². The van der Waals surface area contributed by atoms with E-state index in [0.29, 0.717) is 18.2 Å². The number of nitro benzene ring substituents is 1. The van der Waals surface area contributed by atoms with E-state index in [1.54, 1.807) is 18.3 Å². The molecular formula is C24H17N5O2. The van der Waals surface area contributed by atoms with Crippen LogP contribution in [-0.4, -0.2) is 19.9 Å². The molecule has 2 aromatic heterocycles. The average molecular weight is 407 g/mol. The maximum absolute atomic E-state index is 11.0. The van der Waals surface area contributed by atoms with Crippen LogP contribution in [0.3, 0.4) is 0 Å². The molecule has 0 saturated carbocycles. The summed E-state index contributed by atoms with van der Waals surface area (Å²) in [4.78, 5) is 24.7. The van der Waals surface area contributed by atoms with Crippen molar-refractivity contribution >= 4 is 33.4 Å². The topological polar surface area (TPSA) is 93.8 Å². The van der Waals surface area contributed by atoms with Crippen LogP contribution in [0.2, 0.25) is 0 Å². The number of nitrogens with one attached hydrogen (secondary N) is 1. The Morgan fingerprint density at radius 2 is 1.58 bits per heavy atom. The predicted octanol–water partition coefficient (Wildman–Crippen LogP) is 5.37. The summed E-state index contributed by atoms with van der Waals surface area (Å²) in [5.74, 6) is 0.530. The number of hydrogen-bond donors (Lipinski definition) is 1. The second-order valence-corrected chi connectivity index (χ2v) is 7.08. The number of hydrogen-bond acceptors (Lipinski definition) is 6. The van der Waals surface area contributed by atoms with E-state index in [1.165, 1.54) is 12.1 Å². The second-order valence-electron chi connectivity index (χ2n) is 7.08. The van der Waals surface area contributed by atoms with E-state index in [1.807, 2.05) is 54.6 Å². The normalized spacial score (nSPS) is 11.0. The lowest BCUT2D eigenvalue weighted by Gasteiger charge is -2.11. The molecule has 150 valence electrons. The van der Waals surface area contributed by atoms with E-state index in [-0.39, 0.29) is 5.69 Å². The van der Waals surface area contributed by atoms with Gasteiger partial charge in [-0.05, 0) is 23.8 Å². The van der Waals surface area contributed by atoms with Gasteiger partial charge in [0, 0.05) is 41.2 Å². The van der Waals surface area contributed by atoms with Gasteiger partial charge in [0.2, 0.25) is 5.95 Å². The molecule has 5 aromatic rings. The summed E-state index contributed by atoms with van der Waals surface area (Å²) >= 11 is 0. The first-order chi connectivity index (χ1) is 15.2. The van der Waals surface area contributed by atoms with Gasteiger partial charge in [0.25, 0.3) is 5.69 Å². The Bertz CT molecular complexity index is 1400. The minimum atomic E-state index is -0.413.